The van der Waals surface area contributed by atoms with Gasteiger partial charge in [-0.25, -0.2) is 0 Å². The number of hydrogen-bond donors (Lipinski definition) is 2. The van der Waals surface area contributed by atoms with Gasteiger partial charge in [0.05, 0.1) is 15.9 Å². The van der Waals surface area contributed by atoms with Gasteiger partial charge in [0.15, 0.2) is 5.43 Å². The fourth-order valence-electron chi connectivity index (χ4n) is 1.44. The van der Waals surface area contributed by atoms with E-state index in [1.807, 2.05) is 0 Å². The summed E-state index contributed by atoms with van der Waals surface area (Å²) >= 11 is 5.86. The van der Waals surface area contributed by atoms with Crippen molar-refractivity contribution in [3.05, 3.63) is 39.1 Å². The maximum atomic E-state index is 11.6. The zero-order chi connectivity index (χ0) is 10.3. The van der Waals surface area contributed by atoms with Crippen LogP contribution in [0.5, 0.6) is 5.75 Å². The van der Waals surface area contributed by atoms with E-state index >= 15 is 0 Å². The van der Waals surface area contributed by atoms with Gasteiger partial charge in [0, 0.05) is 11.8 Å². The third-order valence-electron chi connectivity index (χ3n) is 2.05. The van der Waals surface area contributed by atoms with Crippen molar-refractivity contribution < 1.29 is 5.11 Å². The van der Waals surface area contributed by atoms with E-state index in [0.29, 0.717) is 21.6 Å². The summed E-state index contributed by atoms with van der Waals surface area (Å²) in [4.78, 5) is 14.5. The molecule has 14 heavy (non-hydrogen) atoms. The highest BCUT2D eigenvalue weighted by Crippen LogP contribution is 2.26. The molecule has 0 aliphatic carbocycles. The molecule has 2 N–H and O–H groups in total. The van der Waals surface area contributed by atoms with Crippen LogP contribution in [0.3, 0.4) is 0 Å². The largest absolute Gasteiger partial charge is 0.506 e. The van der Waals surface area contributed by atoms with Gasteiger partial charge in [0.1, 0.15) is 5.75 Å². The average molecular weight is 210 g/mol. The molecule has 0 aliphatic heterocycles. The summed E-state index contributed by atoms with van der Waals surface area (Å²) < 4.78 is 0. The standard InChI is InChI=1S/C10H8ClNO2/c1-5-4-8(14)9-6(11)2-3-7(13)10(9)12-5/h2-4,13H,1H3,(H,12,14). The molecule has 3 nitrogen and oxygen atoms in total. The van der Waals surface area contributed by atoms with E-state index in [2.05, 4.69) is 4.98 Å². The first-order valence-corrected chi connectivity index (χ1v) is 4.48. The molecule has 0 atom stereocenters. The number of aryl methyl sites for hydroxylation is 1. The number of aromatic nitrogens is 1. The molecule has 0 fully saturated rings. The van der Waals surface area contributed by atoms with E-state index in [1.54, 1.807) is 6.92 Å². The molecule has 4 heteroatoms. The van der Waals surface area contributed by atoms with Gasteiger partial charge in [-0.2, -0.15) is 0 Å². The van der Waals surface area contributed by atoms with Gasteiger partial charge in [-0.05, 0) is 19.1 Å². The Balaban J connectivity index is 3.08. The Kier molecular flexibility index (Phi) is 1.97. The molecule has 1 aromatic carbocycles. The molecule has 2 aromatic rings. The molecule has 0 spiro atoms. The maximum absolute atomic E-state index is 11.6. The molecule has 0 saturated heterocycles. The van der Waals surface area contributed by atoms with Crippen LogP contribution in [0.2, 0.25) is 5.02 Å². The third-order valence-corrected chi connectivity index (χ3v) is 2.36. The zero-order valence-electron chi connectivity index (χ0n) is 7.47. The second-order valence-corrected chi connectivity index (χ2v) is 3.54. The minimum Gasteiger partial charge on any atom is -0.506 e. The topological polar surface area (TPSA) is 53.1 Å². The average Bonchev–Trinajstić information content (AvgIpc) is 2.10. The minimum absolute atomic E-state index is 0.0326. The summed E-state index contributed by atoms with van der Waals surface area (Å²) in [6, 6.07) is 4.41. The molecule has 2 rings (SSSR count). The molecule has 0 bridgehead atoms. The summed E-state index contributed by atoms with van der Waals surface area (Å²) in [5.74, 6) is 0.0326. The molecule has 1 aromatic heterocycles. The van der Waals surface area contributed by atoms with Crippen molar-refractivity contribution in [1.29, 1.82) is 0 Å². The number of aromatic amines is 1. The number of halogens is 1. The normalized spacial score (nSPS) is 10.7. The summed E-state index contributed by atoms with van der Waals surface area (Å²) in [7, 11) is 0. The van der Waals surface area contributed by atoms with Crippen LogP contribution < -0.4 is 5.43 Å². The molecule has 0 unspecified atom stereocenters. The summed E-state index contributed by atoms with van der Waals surface area (Å²) in [5.41, 5.74) is 0.903. The van der Waals surface area contributed by atoms with Gasteiger partial charge in [0.2, 0.25) is 0 Å². The van der Waals surface area contributed by atoms with E-state index in [1.165, 1.54) is 18.2 Å². The van der Waals surface area contributed by atoms with Crippen molar-refractivity contribution in [3.8, 4) is 5.75 Å². The van der Waals surface area contributed by atoms with Crippen molar-refractivity contribution in [2.24, 2.45) is 0 Å². The summed E-state index contributed by atoms with van der Waals surface area (Å²) in [6.07, 6.45) is 0. The van der Waals surface area contributed by atoms with Crippen molar-refractivity contribution in [2.45, 2.75) is 6.92 Å². The molecule has 0 aliphatic rings. The second-order valence-electron chi connectivity index (χ2n) is 3.13. The summed E-state index contributed by atoms with van der Waals surface area (Å²) in [6.45, 7) is 1.75. The predicted octanol–water partition coefficient (Wildman–Crippen LogP) is 2.20. The highest BCUT2D eigenvalue weighted by atomic mass is 35.5. The molecular formula is C10H8ClNO2. The smallest absolute Gasteiger partial charge is 0.191 e. The molecule has 0 amide bonds. The molecule has 0 radical (unpaired) electrons. The van der Waals surface area contributed by atoms with E-state index in [-0.39, 0.29) is 11.2 Å². The van der Waals surface area contributed by atoms with Gasteiger partial charge in [-0.15, -0.1) is 0 Å². The van der Waals surface area contributed by atoms with Crippen LogP contribution in [0.25, 0.3) is 10.9 Å². The lowest BCUT2D eigenvalue weighted by Gasteiger charge is -2.03. The fraction of sp³-hybridized carbons (Fsp3) is 0.100. The number of nitrogens with one attached hydrogen (secondary N) is 1. The lowest BCUT2D eigenvalue weighted by Crippen LogP contribution is -2.03. The van der Waals surface area contributed by atoms with Gasteiger partial charge >= 0.3 is 0 Å². The van der Waals surface area contributed by atoms with Crippen LogP contribution in [0, 0.1) is 6.92 Å². The van der Waals surface area contributed by atoms with Crippen molar-refractivity contribution in [3.63, 3.8) is 0 Å². The monoisotopic (exact) mass is 209 g/mol. The third kappa shape index (κ3) is 1.26. The quantitative estimate of drug-likeness (QED) is 0.699. The number of phenolic OH excluding ortho intramolecular Hbond substituents is 1. The Morgan fingerprint density at radius 1 is 1.43 bits per heavy atom. The Morgan fingerprint density at radius 3 is 2.86 bits per heavy atom. The van der Waals surface area contributed by atoms with Crippen LogP contribution in [0.15, 0.2) is 23.0 Å². The second kappa shape index (κ2) is 3.03. The SMILES string of the molecule is Cc1cc(=O)c2c(Cl)ccc(O)c2[nH]1. The summed E-state index contributed by atoms with van der Waals surface area (Å²) in [5, 5.41) is 10.2. The van der Waals surface area contributed by atoms with Gasteiger partial charge < -0.3 is 10.1 Å². The van der Waals surface area contributed by atoms with Gasteiger partial charge in [0.25, 0.3) is 0 Å². The first-order chi connectivity index (χ1) is 6.59. The van der Waals surface area contributed by atoms with Crippen molar-refractivity contribution in [1.82, 2.24) is 4.98 Å². The molecule has 1 heterocycles. The molecule has 0 saturated carbocycles. The Morgan fingerprint density at radius 2 is 2.14 bits per heavy atom. The number of hydrogen-bond acceptors (Lipinski definition) is 2. The lowest BCUT2D eigenvalue weighted by molar-refractivity contribution is 0.480. The van der Waals surface area contributed by atoms with Gasteiger partial charge in [-0.1, -0.05) is 11.6 Å². The highest BCUT2D eigenvalue weighted by molar-refractivity contribution is 6.35. The molecular weight excluding hydrogens is 202 g/mol. The molecule has 72 valence electrons. The number of rotatable bonds is 0. The Hall–Kier alpha value is -1.48. The number of phenols is 1. The number of fused-ring (bicyclic) bond motifs is 1. The lowest BCUT2D eigenvalue weighted by atomic mass is 10.2. The number of pyridine rings is 1. The van der Waals surface area contributed by atoms with E-state index in [4.69, 9.17) is 11.6 Å². The minimum atomic E-state index is -0.183. The van der Waals surface area contributed by atoms with Crippen LogP contribution in [0.1, 0.15) is 5.69 Å². The van der Waals surface area contributed by atoms with Crippen LogP contribution in [-0.2, 0) is 0 Å². The van der Waals surface area contributed by atoms with Crippen molar-refractivity contribution >= 4 is 22.5 Å². The number of benzene rings is 1. The van der Waals surface area contributed by atoms with E-state index in [9.17, 15) is 9.90 Å². The van der Waals surface area contributed by atoms with E-state index in [0.717, 1.165) is 0 Å². The number of aromatic hydroxyl groups is 1. The Labute approximate surface area is 85.0 Å². The maximum Gasteiger partial charge on any atom is 0.191 e. The van der Waals surface area contributed by atoms with Crippen LogP contribution in [-0.4, -0.2) is 10.1 Å². The zero-order valence-corrected chi connectivity index (χ0v) is 8.22. The van der Waals surface area contributed by atoms with Gasteiger partial charge in [-0.3, -0.25) is 4.79 Å². The van der Waals surface area contributed by atoms with Crippen LogP contribution in [0.4, 0.5) is 0 Å². The first kappa shape index (κ1) is 9.09. The van der Waals surface area contributed by atoms with Crippen molar-refractivity contribution in [2.75, 3.05) is 0 Å². The van der Waals surface area contributed by atoms with Crippen LogP contribution >= 0.6 is 11.6 Å². The fourth-order valence-corrected chi connectivity index (χ4v) is 1.69. The predicted molar refractivity (Wildman–Crippen MR) is 56.0 cm³/mol. The first-order valence-electron chi connectivity index (χ1n) is 4.10. The Bertz CT molecular complexity index is 560. The highest BCUT2D eigenvalue weighted by Gasteiger charge is 2.07. The van der Waals surface area contributed by atoms with E-state index < -0.39 is 0 Å². The number of H-pyrrole nitrogens is 1.